The van der Waals surface area contributed by atoms with Crippen LogP contribution in [0.4, 0.5) is 5.82 Å². The van der Waals surface area contributed by atoms with Crippen molar-refractivity contribution in [3.63, 3.8) is 0 Å². The van der Waals surface area contributed by atoms with E-state index >= 15 is 0 Å². The molecule has 0 radical (unpaired) electrons. The molecule has 1 aliphatic carbocycles. The van der Waals surface area contributed by atoms with Crippen molar-refractivity contribution in [3.8, 4) is 5.75 Å². The molecule has 1 saturated carbocycles. The Morgan fingerprint density at radius 3 is 2.85 bits per heavy atom. The number of carbonyl (C=O) groups excluding carboxylic acids is 1. The van der Waals surface area contributed by atoms with E-state index in [2.05, 4.69) is 31.3 Å². The maximum absolute atomic E-state index is 12.4. The lowest BCUT2D eigenvalue weighted by Gasteiger charge is -2.16. The van der Waals surface area contributed by atoms with Crippen LogP contribution in [0.2, 0.25) is 0 Å². The summed E-state index contributed by atoms with van der Waals surface area (Å²) in [5, 5.41) is 16.6. The third-order valence-corrected chi connectivity index (χ3v) is 3.79. The number of aryl methyl sites for hydroxylation is 1. The molecule has 2 heterocycles. The second kappa shape index (κ2) is 4.59. The second-order valence-corrected chi connectivity index (χ2v) is 5.82. The number of nitrogens with zero attached hydrogens (tertiary/aromatic N) is 3. The highest BCUT2D eigenvalue weighted by Gasteiger charge is 2.53. The number of hydrogen-bond acceptors (Lipinski definition) is 4. The predicted octanol–water partition coefficient (Wildman–Crippen LogP) is 2.18. The number of hydrogen-bond donors (Lipinski definition) is 2. The van der Waals surface area contributed by atoms with E-state index in [4.69, 9.17) is 0 Å². The minimum absolute atomic E-state index is 0.0404. The molecule has 6 nitrogen and oxygen atoms in total. The lowest BCUT2D eigenvalue weighted by atomic mass is 10.2. The Balaban J connectivity index is 1.85. The van der Waals surface area contributed by atoms with Crippen LogP contribution in [0, 0.1) is 6.92 Å². The Kier molecular flexibility index (Phi) is 3.01. The van der Waals surface area contributed by atoms with Crippen molar-refractivity contribution in [1.82, 2.24) is 14.8 Å². The van der Waals surface area contributed by atoms with Gasteiger partial charge in [0.05, 0.1) is 10.7 Å². The van der Waals surface area contributed by atoms with E-state index in [9.17, 15) is 9.90 Å². The van der Waals surface area contributed by atoms with Crippen molar-refractivity contribution < 1.29 is 9.90 Å². The summed E-state index contributed by atoms with van der Waals surface area (Å²) in [6.07, 6.45) is 4.87. The number of anilines is 1. The third-order valence-electron chi connectivity index (χ3n) is 3.38. The Bertz CT molecular complexity index is 679. The van der Waals surface area contributed by atoms with Crippen molar-refractivity contribution in [3.05, 3.63) is 34.7 Å². The van der Waals surface area contributed by atoms with Gasteiger partial charge in [-0.25, -0.2) is 4.98 Å². The zero-order valence-corrected chi connectivity index (χ0v) is 12.4. The number of nitrogens with one attached hydrogen (secondary N) is 1. The smallest absolute Gasteiger partial charge is 0.253 e. The topological polar surface area (TPSA) is 80.0 Å². The standard InChI is InChI=1S/C13H13BrN4O2/c1-8-2-3-10(19)11(16-8)17-12(20)13(4-5-13)18-7-9(14)6-15-18/h2-3,6-7,19H,4-5H2,1H3,(H,16,17,20). The first-order valence-electron chi connectivity index (χ1n) is 6.20. The van der Waals surface area contributed by atoms with E-state index in [1.165, 1.54) is 6.07 Å². The molecule has 0 unspecified atom stereocenters. The van der Waals surface area contributed by atoms with Gasteiger partial charge in [-0.15, -0.1) is 0 Å². The van der Waals surface area contributed by atoms with Gasteiger partial charge in [-0.2, -0.15) is 5.10 Å². The number of pyridine rings is 1. The predicted molar refractivity (Wildman–Crippen MR) is 76.4 cm³/mol. The van der Waals surface area contributed by atoms with Gasteiger partial charge in [0.1, 0.15) is 5.54 Å². The van der Waals surface area contributed by atoms with E-state index < -0.39 is 5.54 Å². The molecule has 0 spiro atoms. The monoisotopic (exact) mass is 336 g/mol. The molecule has 7 heteroatoms. The summed E-state index contributed by atoms with van der Waals surface area (Å²) in [6.45, 7) is 1.80. The fourth-order valence-electron chi connectivity index (χ4n) is 2.08. The number of carbonyl (C=O) groups is 1. The van der Waals surface area contributed by atoms with Crippen LogP contribution in [0.25, 0.3) is 0 Å². The van der Waals surface area contributed by atoms with Crippen LogP contribution in [0.5, 0.6) is 5.75 Å². The fourth-order valence-corrected chi connectivity index (χ4v) is 2.36. The Hall–Kier alpha value is -1.89. The highest BCUT2D eigenvalue weighted by atomic mass is 79.9. The van der Waals surface area contributed by atoms with Gasteiger partial charge in [0.15, 0.2) is 11.6 Å². The van der Waals surface area contributed by atoms with Crippen LogP contribution >= 0.6 is 15.9 Å². The van der Waals surface area contributed by atoms with Gasteiger partial charge in [0.25, 0.3) is 5.91 Å². The number of amides is 1. The number of rotatable bonds is 3. The molecule has 2 aromatic rings. The second-order valence-electron chi connectivity index (χ2n) is 4.91. The van der Waals surface area contributed by atoms with Crippen LogP contribution in [0.3, 0.4) is 0 Å². The van der Waals surface area contributed by atoms with Crippen LogP contribution in [-0.2, 0) is 10.3 Å². The molecule has 0 saturated heterocycles. The quantitative estimate of drug-likeness (QED) is 0.900. The van der Waals surface area contributed by atoms with E-state index in [0.717, 1.165) is 23.0 Å². The van der Waals surface area contributed by atoms with Gasteiger partial charge in [-0.1, -0.05) is 0 Å². The maximum Gasteiger partial charge on any atom is 0.253 e. The van der Waals surface area contributed by atoms with Crippen molar-refractivity contribution in [1.29, 1.82) is 0 Å². The summed E-state index contributed by atoms with van der Waals surface area (Å²) in [7, 11) is 0. The highest BCUT2D eigenvalue weighted by Crippen LogP contribution is 2.44. The molecule has 2 aromatic heterocycles. The van der Waals surface area contributed by atoms with Crippen molar-refractivity contribution in [2.45, 2.75) is 25.3 Å². The molecule has 2 N–H and O–H groups in total. The minimum Gasteiger partial charge on any atom is -0.504 e. The first-order valence-corrected chi connectivity index (χ1v) is 6.99. The molecule has 104 valence electrons. The third kappa shape index (κ3) is 2.18. The molecule has 0 aromatic carbocycles. The van der Waals surface area contributed by atoms with Crippen molar-refractivity contribution >= 4 is 27.7 Å². The Labute approximate surface area is 124 Å². The van der Waals surface area contributed by atoms with Gasteiger partial charge in [-0.05, 0) is 47.8 Å². The lowest BCUT2D eigenvalue weighted by Crippen LogP contribution is -2.34. The lowest BCUT2D eigenvalue weighted by molar-refractivity contribution is -0.120. The van der Waals surface area contributed by atoms with Gasteiger partial charge >= 0.3 is 0 Å². The molecular formula is C13H13BrN4O2. The van der Waals surface area contributed by atoms with Crippen LogP contribution in [-0.4, -0.2) is 25.8 Å². The first-order chi connectivity index (χ1) is 9.51. The number of halogens is 1. The SMILES string of the molecule is Cc1ccc(O)c(NC(=O)C2(n3cc(Br)cn3)CC2)n1. The first kappa shape index (κ1) is 13.1. The summed E-state index contributed by atoms with van der Waals surface area (Å²) in [4.78, 5) is 16.6. The zero-order valence-electron chi connectivity index (χ0n) is 10.8. The largest absolute Gasteiger partial charge is 0.504 e. The van der Waals surface area contributed by atoms with Crippen LogP contribution < -0.4 is 5.32 Å². The van der Waals surface area contributed by atoms with Crippen LogP contribution in [0.1, 0.15) is 18.5 Å². The fraction of sp³-hybridized carbons (Fsp3) is 0.308. The van der Waals surface area contributed by atoms with Crippen LogP contribution in [0.15, 0.2) is 29.0 Å². The minimum atomic E-state index is -0.663. The number of aromatic nitrogens is 3. The van der Waals surface area contributed by atoms with Crippen molar-refractivity contribution in [2.75, 3.05) is 5.32 Å². The van der Waals surface area contributed by atoms with Gasteiger partial charge in [0.2, 0.25) is 0 Å². The molecule has 1 aliphatic rings. The van der Waals surface area contributed by atoms with E-state index in [1.807, 2.05) is 0 Å². The normalized spacial score (nSPS) is 15.9. The summed E-state index contributed by atoms with van der Waals surface area (Å²) in [6, 6.07) is 3.20. The molecule has 0 atom stereocenters. The van der Waals surface area contributed by atoms with E-state index in [-0.39, 0.29) is 17.5 Å². The van der Waals surface area contributed by atoms with Gasteiger partial charge in [-0.3, -0.25) is 9.48 Å². The molecule has 1 fully saturated rings. The van der Waals surface area contributed by atoms with Gasteiger partial charge < -0.3 is 10.4 Å². The summed E-state index contributed by atoms with van der Waals surface area (Å²) >= 11 is 3.32. The molecule has 1 amide bonds. The molecule has 0 aliphatic heterocycles. The van der Waals surface area contributed by atoms with E-state index in [0.29, 0.717) is 0 Å². The average molecular weight is 337 g/mol. The molecule has 0 bridgehead atoms. The highest BCUT2D eigenvalue weighted by molar-refractivity contribution is 9.10. The van der Waals surface area contributed by atoms with E-state index in [1.54, 1.807) is 30.1 Å². The molecular weight excluding hydrogens is 324 g/mol. The number of aromatic hydroxyl groups is 1. The summed E-state index contributed by atoms with van der Waals surface area (Å²) < 4.78 is 2.48. The van der Waals surface area contributed by atoms with Gasteiger partial charge in [0, 0.05) is 11.9 Å². The maximum atomic E-state index is 12.4. The Morgan fingerprint density at radius 1 is 1.50 bits per heavy atom. The Morgan fingerprint density at radius 2 is 2.25 bits per heavy atom. The summed E-state index contributed by atoms with van der Waals surface area (Å²) in [5.41, 5.74) is 0.0638. The zero-order chi connectivity index (χ0) is 14.3. The summed E-state index contributed by atoms with van der Waals surface area (Å²) in [5.74, 6) is -0.0598. The average Bonchev–Trinajstić information content (AvgIpc) is 3.11. The molecule has 3 rings (SSSR count). The van der Waals surface area contributed by atoms with Crippen molar-refractivity contribution in [2.24, 2.45) is 0 Å². The molecule has 20 heavy (non-hydrogen) atoms.